The van der Waals surface area contributed by atoms with Crippen molar-refractivity contribution in [3.63, 3.8) is 0 Å². The number of pyridine rings is 2. The van der Waals surface area contributed by atoms with Crippen LogP contribution >= 0.6 is 0 Å². The Balaban J connectivity index is 0.000000324. The van der Waals surface area contributed by atoms with Gasteiger partial charge in [0, 0.05) is 44.3 Å². The van der Waals surface area contributed by atoms with E-state index >= 15 is 0 Å². The third kappa shape index (κ3) is 6.38. The first kappa shape index (κ1) is 16.9. The first-order valence-electron chi connectivity index (χ1n) is 4.88. The average molecular weight is 312 g/mol. The number of nitrogens with zero attached hydrogens (tertiary/aromatic N) is 2. The van der Waals surface area contributed by atoms with E-state index in [1.807, 2.05) is 0 Å². The van der Waals surface area contributed by atoms with Crippen molar-refractivity contribution in [1.29, 1.82) is 0 Å². The molecule has 94 valence electrons. The van der Waals surface area contributed by atoms with Gasteiger partial charge in [-0.15, -0.1) is 0 Å². The average Bonchev–Trinajstić information content (AvgIpc) is 2.41. The van der Waals surface area contributed by atoms with E-state index in [1.54, 1.807) is 12.1 Å². The maximum atomic E-state index is 10.2. The summed E-state index contributed by atoms with van der Waals surface area (Å²) in [4.78, 5) is 27.6. The molecule has 0 amide bonds. The van der Waals surface area contributed by atoms with Gasteiger partial charge in [0.25, 0.3) is 0 Å². The molecule has 2 rings (SSSR count). The maximum absolute atomic E-state index is 10.2. The molecule has 2 aromatic rings. The number of carboxylic acids is 2. The van der Waals surface area contributed by atoms with Crippen LogP contribution in [0, 0.1) is 0 Å². The van der Waals surface area contributed by atoms with E-state index < -0.39 is 11.9 Å². The van der Waals surface area contributed by atoms with Crippen molar-refractivity contribution in [2.45, 2.75) is 0 Å². The quantitative estimate of drug-likeness (QED) is 0.816. The molecule has 0 saturated carbocycles. The molecule has 2 heterocycles. The Morgan fingerprint density at radius 3 is 1.37 bits per heavy atom. The van der Waals surface area contributed by atoms with Crippen molar-refractivity contribution in [2.24, 2.45) is 0 Å². The van der Waals surface area contributed by atoms with Gasteiger partial charge in [0.15, 0.2) is 0 Å². The summed E-state index contributed by atoms with van der Waals surface area (Å²) in [7, 11) is 0. The second-order valence-corrected chi connectivity index (χ2v) is 3.09. The predicted molar refractivity (Wildman–Crippen MR) is 62.4 cm³/mol. The summed E-state index contributed by atoms with van der Waals surface area (Å²) in [6, 6.07) is 6.16. The molecule has 2 aromatic heterocycles. The van der Waals surface area contributed by atoms with E-state index in [-0.39, 0.29) is 30.6 Å². The first-order chi connectivity index (χ1) is 8.61. The Kier molecular flexibility index (Phi) is 7.88. The molecular weight excluding hydrogens is 302 g/mol. The van der Waals surface area contributed by atoms with Gasteiger partial charge in [-0.3, -0.25) is 9.97 Å². The van der Waals surface area contributed by atoms with Crippen LogP contribution < -0.4 is 0 Å². The van der Waals surface area contributed by atoms with Crippen LogP contribution in [-0.4, -0.2) is 32.1 Å². The molecule has 0 saturated heterocycles. The molecule has 6 nitrogen and oxygen atoms in total. The molecule has 0 fully saturated rings. The minimum absolute atomic E-state index is 0. The SMILES string of the molecule is O=C(O)c1cccnc1.O=C(O)c1cccnc1.[Zn]. The summed E-state index contributed by atoms with van der Waals surface area (Å²) in [5, 5.41) is 16.7. The van der Waals surface area contributed by atoms with E-state index in [2.05, 4.69) is 9.97 Å². The van der Waals surface area contributed by atoms with Crippen LogP contribution in [0.15, 0.2) is 49.1 Å². The fourth-order valence-corrected chi connectivity index (χ4v) is 0.979. The number of aromatic carboxylic acids is 2. The number of rotatable bonds is 2. The molecule has 2 N–H and O–H groups in total. The van der Waals surface area contributed by atoms with Gasteiger partial charge < -0.3 is 10.2 Å². The first-order valence-corrected chi connectivity index (χ1v) is 4.88. The molecule has 0 atom stereocenters. The van der Waals surface area contributed by atoms with E-state index in [4.69, 9.17) is 10.2 Å². The van der Waals surface area contributed by atoms with E-state index in [0.29, 0.717) is 0 Å². The Morgan fingerprint density at radius 1 is 0.842 bits per heavy atom. The van der Waals surface area contributed by atoms with Crippen LogP contribution in [0.25, 0.3) is 0 Å². The van der Waals surface area contributed by atoms with Crippen molar-refractivity contribution in [2.75, 3.05) is 0 Å². The summed E-state index contributed by atoms with van der Waals surface area (Å²) in [5.74, 6) is -1.88. The van der Waals surface area contributed by atoms with Crippen LogP contribution in [0.5, 0.6) is 0 Å². The van der Waals surface area contributed by atoms with Gasteiger partial charge in [0.1, 0.15) is 0 Å². The molecule has 0 radical (unpaired) electrons. The van der Waals surface area contributed by atoms with Gasteiger partial charge in [0.05, 0.1) is 11.1 Å². The third-order valence-corrected chi connectivity index (χ3v) is 1.82. The van der Waals surface area contributed by atoms with E-state index in [0.717, 1.165) is 0 Å². The van der Waals surface area contributed by atoms with Gasteiger partial charge >= 0.3 is 11.9 Å². The summed E-state index contributed by atoms with van der Waals surface area (Å²) in [6.45, 7) is 0. The number of carboxylic acid groups (broad SMARTS) is 2. The standard InChI is InChI=1S/2C6H5NO2.Zn/c2*8-6(9)5-2-1-3-7-4-5;/h2*1-4H,(H,8,9);. The predicted octanol–water partition coefficient (Wildman–Crippen LogP) is 1.56. The molecule has 0 aromatic carbocycles. The zero-order valence-corrected chi connectivity index (χ0v) is 12.9. The molecule has 0 aliphatic heterocycles. The van der Waals surface area contributed by atoms with Crippen LogP contribution in [0.1, 0.15) is 20.7 Å². The molecule has 7 heteroatoms. The fraction of sp³-hybridized carbons (Fsp3) is 0. The molecule has 0 spiro atoms. The molecule has 0 unspecified atom stereocenters. The molecule has 0 aliphatic rings. The minimum Gasteiger partial charge on any atom is -0.478 e. The zero-order chi connectivity index (χ0) is 13.4. The molecule has 19 heavy (non-hydrogen) atoms. The Morgan fingerprint density at radius 2 is 1.21 bits per heavy atom. The van der Waals surface area contributed by atoms with Crippen molar-refractivity contribution < 1.29 is 39.3 Å². The summed E-state index contributed by atoms with van der Waals surface area (Å²) >= 11 is 0. The second kappa shape index (κ2) is 8.88. The largest absolute Gasteiger partial charge is 0.478 e. The molecule has 0 bridgehead atoms. The number of hydrogen-bond donors (Lipinski definition) is 2. The van der Waals surface area contributed by atoms with E-state index in [1.165, 1.54) is 36.9 Å². The van der Waals surface area contributed by atoms with Gasteiger partial charge in [-0.05, 0) is 24.3 Å². The van der Waals surface area contributed by atoms with Crippen molar-refractivity contribution in [3.05, 3.63) is 60.2 Å². The Hall–Kier alpha value is -2.14. The second-order valence-electron chi connectivity index (χ2n) is 3.09. The van der Waals surface area contributed by atoms with Crippen LogP contribution in [-0.2, 0) is 19.5 Å². The maximum Gasteiger partial charge on any atom is 0.337 e. The minimum atomic E-state index is -0.942. The van der Waals surface area contributed by atoms with Crippen molar-refractivity contribution in [3.8, 4) is 0 Å². The van der Waals surface area contributed by atoms with Gasteiger partial charge in [-0.2, -0.15) is 0 Å². The molecule has 0 aliphatic carbocycles. The number of hydrogen-bond acceptors (Lipinski definition) is 4. The third-order valence-electron chi connectivity index (χ3n) is 1.82. The van der Waals surface area contributed by atoms with Gasteiger partial charge in [-0.25, -0.2) is 9.59 Å². The summed E-state index contributed by atoms with van der Waals surface area (Å²) in [6.07, 6.45) is 5.68. The smallest absolute Gasteiger partial charge is 0.337 e. The Labute approximate surface area is 121 Å². The number of carbonyl (C=O) groups is 2. The summed E-state index contributed by atoms with van der Waals surface area (Å²) in [5.41, 5.74) is 0.440. The van der Waals surface area contributed by atoms with Crippen molar-refractivity contribution >= 4 is 11.9 Å². The van der Waals surface area contributed by atoms with Crippen LogP contribution in [0.3, 0.4) is 0 Å². The molecular formula is C12H10N2O4Zn. The van der Waals surface area contributed by atoms with Crippen molar-refractivity contribution in [1.82, 2.24) is 9.97 Å². The fourth-order valence-electron chi connectivity index (χ4n) is 0.979. The topological polar surface area (TPSA) is 100 Å². The van der Waals surface area contributed by atoms with Gasteiger partial charge in [-0.1, -0.05) is 0 Å². The van der Waals surface area contributed by atoms with Crippen LogP contribution in [0.2, 0.25) is 0 Å². The van der Waals surface area contributed by atoms with Crippen LogP contribution in [0.4, 0.5) is 0 Å². The van der Waals surface area contributed by atoms with Gasteiger partial charge in [0.2, 0.25) is 0 Å². The zero-order valence-electron chi connectivity index (χ0n) is 9.93. The number of aromatic nitrogens is 2. The monoisotopic (exact) mass is 310 g/mol. The summed E-state index contributed by atoms with van der Waals surface area (Å²) < 4.78 is 0. The Bertz CT molecular complexity index is 470. The van der Waals surface area contributed by atoms with E-state index in [9.17, 15) is 9.59 Å². The normalized spacial score (nSPS) is 8.42.